The van der Waals surface area contributed by atoms with E-state index in [-0.39, 0.29) is 0 Å². The van der Waals surface area contributed by atoms with E-state index < -0.39 is 8.80 Å². The van der Waals surface area contributed by atoms with E-state index in [0.717, 1.165) is 0 Å². The van der Waals surface area contributed by atoms with Crippen molar-refractivity contribution in [1.29, 1.82) is 0 Å². The number of nitrogens with zero attached hydrogens (tertiary/aromatic N) is 1. The zero-order chi connectivity index (χ0) is 12.7. The van der Waals surface area contributed by atoms with E-state index >= 15 is 0 Å². The van der Waals surface area contributed by atoms with E-state index in [9.17, 15) is 0 Å². The fourth-order valence-electron chi connectivity index (χ4n) is 2.89. The molecule has 100 valence electrons. The molecule has 0 amide bonds. The highest BCUT2D eigenvalue weighted by Gasteiger charge is 2.18. The molecule has 0 radical (unpaired) electrons. The molecular formula is C15H31NSi. The van der Waals surface area contributed by atoms with E-state index in [2.05, 4.69) is 37.9 Å². The van der Waals surface area contributed by atoms with Crippen molar-refractivity contribution < 1.29 is 0 Å². The maximum Gasteiger partial charge on any atom is 0.0349 e. The average Bonchev–Trinajstić information content (AvgIpc) is 2.24. The molecule has 0 N–H and O–H groups in total. The summed E-state index contributed by atoms with van der Waals surface area (Å²) in [5.74, 6) is 0. The van der Waals surface area contributed by atoms with Gasteiger partial charge in [-0.3, -0.25) is 4.90 Å². The van der Waals surface area contributed by atoms with Gasteiger partial charge in [0.05, 0.1) is 0 Å². The second-order valence-corrected chi connectivity index (χ2v) is 9.14. The highest BCUT2D eigenvalue weighted by Crippen LogP contribution is 2.20. The monoisotopic (exact) mass is 253 g/mol. The SMILES string of the molecule is C/C=C(/C[SiH](C)C)C(C)N1CCCCCCC1. The maximum atomic E-state index is 2.73. The Balaban J connectivity index is 2.55. The minimum absolute atomic E-state index is 0.472. The summed E-state index contributed by atoms with van der Waals surface area (Å²) in [6.45, 7) is 12.2. The molecule has 1 fully saturated rings. The summed E-state index contributed by atoms with van der Waals surface area (Å²) in [6, 6.07) is 2.08. The van der Waals surface area contributed by atoms with Crippen LogP contribution in [0.5, 0.6) is 0 Å². The van der Waals surface area contributed by atoms with Gasteiger partial charge in [0.1, 0.15) is 0 Å². The second kappa shape index (κ2) is 8.10. The van der Waals surface area contributed by atoms with Crippen LogP contribution in [0.4, 0.5) is 0 Å². The van der Waals surface area contributed by atoms with Gasteiger partial charge in [-0.05, 0) is 45.8 Å². The summed E-state index contributed by atoms with van der Waals surface area (Å²) in [6.07, 6.45) is 9.52. The fourth-order valence-corrected chi connectivity index (χ4v) is 4.41. The first-order valence-corrected chi connectivity index (χ1v) is 10.7. The molecule has 17 heavy (non-hydrogen) atoms. The molecule has 1 unspecified atom stereocenters. The third kappa shape index (κ3) is 5.39. The number of hydrogen-bond donors (Lipinski definition) is 0. The molecule has 1 nitrogen and oxygen atoms in total. The highest BCUT2D eigenvalue weighted by molar-refractivity contribution is 6.56. The predicted molar refractivity (Wildman–Crippen MR) is 81.6 cm³/mol. The Hall–Kier alpha value is -0.0831. The lowest BCUT2D eigenvalue weighted by molar-refractivity contribution is 0.211. The summed E-state index contributed by atoms with van der Waals surface area (Å²) in [5.41, 5.74) is 1.70. The van der Waals surface area contributed by atoms with Crippen LogP contribution in [0.1, 0.15) is 46.0 Å². The zero-order valence-electron chi connectivity index (χ0n) is 12.3. The molecule has 0 bridgehead atoms. The van der Waals surface area contributed by atoms with E-state index in [4.69, 9.17) is 0 Å². The Morgan fingerprint density at radius 3 is 2.12 bits per heavy atom. The molecule has 0 saturated carbocycles. The van der Waals surface area contributed by atoms with E-state index in [1.54, 1.807) is 5.57 Å². The van der Waals surface area contributed by atoms with Crippen molar-refractivity contribution in [2.24, 2.45) is 0 Å². The smallest absolute Gasteiger partial charge is 0.0349 e. The molecule has 1 aliphatic rings. The van der Waals surface area contributed by atoms with Gasteiger partial charge in [0.2, 0.25) is 0 Å². The Kier molecular flexibility index (Phi) is 7.13. The largest absolute Gasteiger partial charge is 0.297 e. The number of likely N-dealkylation sites (tertiary alicyclic amines) is 1. The summed E-state index contributed by atoms with van der Waals surface area (Å²) in [4.78, 5) is 2.73. The van der Waals surface area contributed by atoms with E-state index in [1.165, 1.54) is 51.2 Å². The lowest BCUT2D eigenvalue weighted by Crippen LogP contribution is -2.37. The molecule has 0 aromatic heterocycles. The van der Waals surface area contributed by atoms with Crippen LogP contribution in [0, 0.1) is 0 Å². The first kappa shape index (κ1) is 15.0. The Morgan fingerprint density at radius 1 is 1.12 bits per heavy atom. The van der Waals surface area contributed by atoms with Crippen LogP contribution >= 0.6 is 0 Å². The number of rotatable bonds is 4. The first-order chi connectivity index (χ1) is 8.15. The minimum Gasteiger partial charge on any atom is -0.297 e. The van der Waals surface area contributed by atoms with Gasteiger partial charge in [0.25, 0.3) is 0 Å². The van der Waals surface area contributed by atoms with Crippen LogP contribution in [0.3, 0.4) is 0 Å². The van der Waals surface area contributed by atoms with Crippen LogP contribution in [-0.4, -0.2) is 32.8 Å². The quantitative estimate of drug-likeness (QED) is 0.539. The Bertz CT molecular complexity index is 227. The van der Waals surface area contributed by atoms with Crippen molar-refractivity contribution in [2.45, 2.75) is 71.1 Å². The van der Waals surface area contributed by atoms with Crippen LogP contribution in [0.25, 0.3) is 0 Å². The molecule has 1 saturated heterocycles. The molecule has 1 atom stereocenters. The second-order valence-electron chi connectivity index (χ2n) is 5.94. The van der Waals surface area contributed by atoms with Gasteiger partial charge in [-0.1, -0.05) is 44.0 Å². The van der Waals surface area contributed by atoms with Crippen LogP contribution in [0.2, 0.25) is 19.1 Å². The zero-order valence-corrected chi connectivity index (χ0v) is 13.5. The minimum atomic E-state index is -0.472. The summed E-state index contributed by atoms with van der Waals surface area (Å²) in [7, 11) is -0.472. The van der Waals surface area contributed by atoms with Gasteiger partial charge >= 0.3 is 0 Å². The molecule has 2 heteroatoms. The van der Waals surface area contributed by atoms with Gasteiger partial charge in [-0.25, -0.2) is 0 Å². The van der Waals surface area contributed by atoms with Crippen molar-refractivity contribution in [1.82, 2.24) is 4.90 Å². The summed E-state index contributed by atoms with van der Waals surface area (Å²) >= 11 is 0. The summed E-state index contributed by atoms with van der Waals surface area (Å²) in [5, 5.41) is 0. The van der Waals surface area contributed by atoms with Gasteiger partial charge in [0, 0.05) is 14.8 Å². The Morgan fingerprint density at radius 2 is 1.65 bits per heavy atom. The van der Waals surface area contributed by atoms with E-state index in [0.29, 0.717) is 6.04 Å². The average molecular weight is 254 g/mol. The van der Waals surface area contributed by atoms with Gasteiger partial charge in [-0.15, -0.1) is 0 Å². The maximum absolute atomic E-state index is 2.73. The predicted octanol–water partition coefficient (Wildman–Crippen LogP) is 4.07. The van der Waals surface area contributed by atoms with Gasteiger partial charge < -0.3 is 0 Å². The normalized spacial score (nSPS) is 22.3. The Labute approximate surface area is 110 Å². The molecule has 1 heterocycles. The van der Waals surface area contributed by atoms with E-state index in [1.807, 2.05) is 0 Å². The lowest BCUT2D eigenvalue weighted by atomic mass is 10.0. The molecule has 1 aliphatic heterocycles. The standard InChI is InChI=1S/C15H31NSi/c1-5-15(13-17(3)4)14(2)16-11-9-7-6-8-10-12-16/h5,14,17H,6-13H2,1-4H3/b15-5-. The third-order valence-corrected chi connectivity index (χ3v) is 5.28. The fraction of sp³-hybridized carbons (Fsp3) is 0.867. The molecule has 0 aliphatic carbocycles. The number of hydrogen-bond acceptors (Lipinski definition) is 1. The highest BCUT2D eigenvalue weighted by atomic mass is 28.3. The van der Waals surface area contributed by atoms with Crippen molar-refractivity contribution in [3.8, 4) is 0 Å². The van der Waals surface area contributed by atoms with Crippen molar-refractivity contribution in [2.75, 3.05) is 13.1 Å². The van der Waals surface area contributed by atoms with Crippen LogP contribution in [-0.2, 0) is 0 Å². The topological polar surface area (TPSA) is 3.24 Å². The van der Waals surface area contributed by atoms with Gasteiger partial charge in [-0.2, -0.15) is 0 Å². The first-order valence-electron chi connectivity index (χ1n) is 7.54. The molecule has 0 spiro atoms. The van der Waals surface area contributed by atoms with Crippen molar-refractivity contribution in [3.05, 3.63) is 11.6 Å². The van der Waals surface area contributed by atoms with Crippen LogP contribution in [0.15, 0.2) is 11.6 Å². The molecule has 0 aromatic carbocycles. The molecule has 1 rings (SSSR count). The summed E-state index contributed by atoms with van der Waals surface area (Å²) < 4.78 is 0. The third-order valence-electron chi connectivity index (χ3n) is 3.99. The molecular weight excluding hydrogens is 222 g/mol. The van der Waals surface area contributed by atoms with Gasteiger partial charge in [0.15, 0.2) is 0 Å². The lowest BCUT2D eigenvalue weighted by Gasteiger charge is -2.33. The number of allylic oxidation sites excluding steroid dienone is 1. The molecule has 0 aromatic rings. The van der Waals surface area contributed by atoms with Crippen molar-refractivity contribution >= 4 is 8.80 Å². The van der Waals surface area contributed by atoms with Crippen molar-refractivity contribution in [3.63, 3.8) is 0 Å². The van der Waals surface area contributed by atoms with Crippen LogP contribution < -0.4 is 0 Å².